The molecule has 0 saturated carbocycles. The number of benzene rings is 1. The molecule has 0 aliphatic heterocycles. The summed E-state index contributed by atoms with van der Waals surface area (Å²) in [6.45, 7) is 3.43. The van der Waals surface area contributed by atoms with Gasteiger partial charge in [-0.1, -0.05) is 17.3 Å². The van der Waals surface area contributed by atoms with E-state index >= 15 is 0 Å². The van der Waals surface area contributed by atoms with Crippen LogP contribution in [0.3, 0.4) is 0 Å². The topological polar surface area (TPSA) is 47.8 Å². The number of aryl methyl sites for hydroxylation is 1. The van der Waals surface area contributed by atoms with Crippen molar-refractivity contribution in [2.24, 2.45) is 0 Å². The molecule has 0 amide bonds. The highest BCUT2D eigenvalue weighted by Gasteiger charge is 2.18. The lowest BCUT2D eigenvalue weighted by Crippen LogP contribution is -2.10. The van der Waals surface area contributed by atoms with Gasteiger partial charge < -0.3 is 0 Å². The van der Waals surface area contributed by atoms with Crippen LogP contribution in [0, 0.1) is 6.92 Å². The summed E-state index contributed by atoms with van der Waals surface area (Å²) in [6, 6.07) is 6.32. The molecular weight excluding hydrogens is 238 g/mol. The van der Waals surface area contributed by atoms with Crippen molar-refractivity contribution in [1.82, 2.24) is 15.0 Å². The molecule has 0 atom stereocenters. The monoisotopic (exact) mass is 255 g/mol. The summed E-state index contributed by atoms with van der Waals surface area (Å²) in [7, 11) is 0. The fourth-order valence-corrected chi connectivity index (χ4v) is 2.84. The summed E-state index contributed by atoms with van der Waals surface area (Å²) < 4.78 is 1.81. The third-order valence-corrected chi connectivity index (χ3v) is 3.83. The van der Waals surface area contributed by atoms with Gasteiger partial charge in [0.25, 0.3) is 0 Å². The van der Waals surface area contributed by atoms with Crippen molar-refractivity contribution in [3.63, 3.8) is 0 Å². The zero-order valence-electron chi connectivity index (χ0n) is 11.3. The molecule has 0 radical (unpaired) electrons. The number of nitrogens with zero attached hydrogens (tertiary/aromatic N) is 3. The van der Waals surface area contributed by atoms with Crippen LogP contribution in [-0.4, -0.2) is 20.8 Å². The van der Waals surface area contributed by atoms with Crippen LogP contribution in [0.25, 0.3) is 5.69 Å². The Balaban J connectivity index is 2.15. The average molecular weight is 255 g/mol. The molecule has 2 aromatic rings. The minimum atomic E-state index is -0.0338. The Bertz CT molecular complexity index is 643. The highest BCUT2D eigenvalue weighted by molar-refractivity contribution is 5.93. The standard InChI is InChI=1S/C15H17N3O/c1-10-15(11(2)19)16-17-18(10)14-9-5-7-12-6-3-4-8-13(12)14/h5,7,9H,3-4,6,8H2,1-2H3. The van der Waals surface area contributed by atoms with Crippen LogP contribution in [0.1, 0.15) is 47.1 Å². The van der Waals surface area contributed by atoms with Gasteiger partial charge in [-0.15, -0.1) is 5.10 Å². The van der Waals surface area contributed by atoms with Crippen molar-refractivity contribution in [3.8, 4) is 5.69 Å². The third kappa shape index (κ3) is 1.97. The summed E-state index contributed by atoms with van der Waals surface area (Å²) in [5, 5.41) is 8.17. The van der Waals surface area contributed by atoms with E-state index in [0.29, 0.717) is 5.69 Å². The van der Waals surface area contributed by atoms with E-state index < -0.39 is 0 Å². The molecular formula is C15H17N3O. The van der Waals surface area contributed by atoms with Gasteiger partial charge in [-0.3, -0.25) is 4.79 Å². The quantitative estimate of drug-likeness (QED) is 0.775. The van der Waals surface area contributed by atoms with Crippen LogP contribution in [0.5, 0.6) is 0 Å². The molecule has 1 aromatic carbocycles. The number of Topliss-reactive ketones (excluding diaryl/α,β-unsaturated/α-hetero) is 1. The second-order valence-electron chi connectivity index (χ2n) is 5.11. The molecule has 0 fully saturated rings. The molecule has 1 aromatic heterocycles. The predicted molar refractivity (Wildman–Crippen MR) is 72.7 cm³/mol. The number of hydrogen-bond acceptors (Lipinski definition) is 3. The van der Waals surface area contributed by atoms with Gasteiger partial charge in [-0.05, 0) is 49.8 Å². The zero-order chi connectivity index (χ0) is 13.4. The number of rotatable bonds is 2. The lowest BCUT2D eigenvalue weighted by molar-refractivity contribution is 0.101. The molecule has 0 unspecified atom stereocenters. The number of carbonyl (C=O) groups excluding carboxylic acids is 1. The van der Waals surface area contributed by atoms with E-state index in [1.54, 1.807) is 4.68 Å². The van der Waals surface area contributed by atoms with Crippen LogP contribution in [0.15, 0.2) is 18.2 Å². The summed E-state index contributed by atoms with van der Waals surface area (Å²) in [6.07, 6.45) is 4.69. The van der Waals surface area contributed by atoms with Gasteiger partial charge in [0, 0.05) is 6.92 Å². The van der Waals surface area contributed by atoms with Crippen LogP contribution >= 0.6 is 0 Å². The van der Waals surface area contributed by atoms with E-state index in [9.17, 15) is 4.79 Å². The Morgan fingerprint density at radius 2 is 2.05 bits per heavy atom. The number of hydrogen-bond donors (Lipinski definition) is 0. The second kappa shape index (κ2) is 4.61. The molecule has 4 nitrogen and oxygen atoms in total. The van der Waals surface area contributed by atoms with Gasteiger partial charge in [-0.25, -0.2) is 4.68 Å². The van der Waals surface area contributed by atoms with Crippen molar-refractivity contribution < 1.29 is 4.79 Å². The molecule has 98 valence electrons. The van der Waals surface area contributed by atoms with Crippen molar-refractivity contribution in [1.29, 1.82) is 0 Å². The second-order valence-corrected chi connectivity index (χ2v) is 5.11. The van der Waals surface area contributed by atoms with E-state index in [1.807, 2.05) is 6.92 Å². The Labute approximate surface area is 112 Å². The average Bonchev–Trinajstić information content (AvgIpc) is 2.80. The van der Waals surface area contributed by atoms with Gasteiger partial charge in [0.1, 0.15) is 0 Å². The highest BCUT2D eigenvalue weighted by atomic mass is 16.1. The first-order chi connectivity index (χ1) is 9.18. The lowest BCUT2D eigenvalue weighted by Gasteiger charge is -2.19. The normalized spacial score (nSPS) is 14.2. The summed E-state index contributed by atoms with van der Waals surface area (Å²) >= 11 is 0. The maximum Gasteiger partial charge on any atom is 0.181 e. The number of ketones is 1. The van der Waals surface area contributed by atoms with E-state index in [0.717, 1.165) is 24.2 Å². The van der Waals surface area contributed by atoms with E-state index in [-0.39, 0.29) is 5.78 Å². The molecule has 0 saturated heterocycles. The van der Waals surface area contributed by atoms with Crippen molar-refractivity contribution >= 4 is 5.78 Å². The zero-order valence-corrected chi connectivity index (χ0v) is 11.3. The smallest absolute Gasteiger partial charge is 0.181 e. The Morgan fingerprint density at radius 3 is 2.79 bits per heavy atom. The first-order valence-electron chi connectivity index (χ1n) is 6.73. The van der Waals surface area contributed by atoms with Gasteiger partial charge in [-0.2, -0.15) is 0 Å². The minimum absolute atomic E-state index is 0.0338. The van der Waals surface area contributed by atoms with Gasteiger partial charge >= 0.3 is 0 Å². The first-order valence-corrected chi connectivity index (χ1v) is 6.73. The Hall–Kier alpha value is -1.97. The fourth-order valence-electron chi connectivity index (χ4n) is 2.84. The summed E-state index contributed by atoms with van der Waals surface area (Å²) in [5.41, 5.74) is 5.13. The molecule has 0 spiro atoms. The number of carbonyl (C=O) groups is 1. The molecule has 1 aliphatic carbocycles. The molecule has 4 heteroatoms. The van der Waals surface area contributed by atoms with Gasteiger partial charge in [0.05, 0.1) is 11.4 Å². The molecule has 0 bridgehead atoms. The van der Waals surface area contributed by atoms with Crippen LogP contribution in [0.2, 0.25) is 0 Å². The maximum absolute atomic E-state index is 11.5. The molecule has 19 heavy (non-hydrogen) atoms. The maximum atomic E-state index is 11.5. The molecule has 3 rings (SSSR count). The predicted octanol–water partition coefficient (Wildman–Crippen LogP) is 2.66. The molecule has 0 N–H and O–H groups in total. The summed E-state index contributed by atoms with van der Waals surface area (Å²) in [4.78, 5) is 11.5. The van der Waals surface area contributed by atoms with E-state index in [4.69, 9.17) is 0 Å². The van der Waals surface area contributed by atoms with Crippen LogP contribution in [0.4, 0.5) is 0 Å². The molecule has 1 aliphatic rings. The van der Waals surface area contributed by atoms with Gasteiger partial charge in [0.15, 0.2) is 11.5 Å². The lowest BCUT2D eigenvalue weighted by atomic mass is 9.90. The van der Waals surface area contributed by atoms with Crippen molar-refractivity contribution in [2.75, 3.05) is 0 Å². The Kier molecular flexibility index (Phi) is 2.93. The van der Waals surface area contributed by atoms with Crippen LogP contribution < -0.4 is 0 Å². The van der Waals surface area contributed by atoms with Crippen molar-refractivity contribution in [3.05, 3.63) is 40.7 Å². The van der Waals surface area contributed by atoms with E-state index in [1.165, 1.54) is 30.9 Å². The number of aromatic nitrogens is 3. The molecule has 1 heterocycles. The largest absolute Gasteiger partial charge is 0.293 e. The van der Waals surface area contributed by atoms with Crippen molar-refractivity contribution in [2.45, 2.75) is 39.5 Å². The SMILES string of the molecule is CC(=O)c1nnn(-c2cccc3c2CCCC3)c1C. The van der Waals surface area contributed by atoms with Crippen LogP contribution in [-0.2, 0) is 12.8 Å². The first kappa shape index (κ1) is 12.1. The third-order valence-electron chi connectivity index (χ3n) is 3.83. The minimum Gasteiger partial charge on any atom is -0.293 e. The Morgan fingerprint density at radius 1 is 1.26 bits per heavy atom. The van der Waals surface area contributed by atoms with E-state index in [2.05, 4.69) is 28.5 Å². The summed E-state index contributed by atoms with van der Waals surface area (Å²) in [5.74, 6) is -0.0338. The fraction of sp³-hybridized carbons (Fsp3) is 0.400. The van der Waals surface area contributed by atoms with Gasteiger partial charge in [0.2, 0.25) is 0 Å². The number of fused-ring (bicyclic) bond motifs is 1. The highest BCUT2D eigenvalue weighted by Crippen LogP contribution is 2.27.